The third kappa shape index (κ3) is 9.59. The van der Waals surface area contributed by atoms with Crippen molar-refractivity contribution in [1.29, 1.82) is 0 Å². The van der Waals surface area contributed by atoms with E-state index in [-0.39, 0.29) is 29.9 Å². The molecule has 1 amide bonds. The number of hydrogen-bond acceptors (Lipinski definition) is 3. The second-order valence-corrected chi connectivity index (χ2v) is 7.54. The molecule has 0 aliphatic rings. The van der Waals surface area contributed by atoms with Gasteiger partial charge in [-0.2, -0.15) is 0 Å². The summed E-state index contributed by atoms with van der Waals surface area (Å²) < 4.78 is 0. The van der Waals surface area contributed by atoms with Crippen LogP contribution in [0.15, 0.2) is 59.6 Å². The molecule has 0 aromatic heterocycles. The molecule has 2 rings (SSSR count). The Hall–Kier alpha value is -2.29. The standard InChI is InChI=1S/C24H35N5O.HI/c1-25-24(26-16-8-9-18-29(4)22-13-6-5-7-14-22)27-17-15-20-11-10-12-21(19-20)23(30)28(2)3;/h5-7,10-14,19H,8-9,15-18H2,1-4H3,(H2,25,26,27);1H. The molecule has 2 aromatic rings. The molecule has 0 aliphatic carbocycles. The summed E-state index contributed by atoms with van der Waals surface area (Å²) in [5, 5.41) is 6.72. The molecular weight excluding hydrogens is 501 g/mol. The molecule has 0 saturated carbocycles. The number of guanidine groups is 1. The maximum absolute atomic E-state index is 12.1. The van der Waals surface area contributed by atoms with E-state index in [1.165, 1.54) is 5.69 Å². The lowest BCUT2D eigenvalue weighted by Crippen LogP contribution is -2.38. The van der Waals surface area contributed by atoms with E-state index in [9.17, 15) is 4.79 Å². The van der Waals surface area contributed by atoms with Gasteiger partial charge in [-0.15, -0.1) is 24.0 Å². The summed E-state index contributed by atoms with van der Waals surface area (Å²) in [4.78, 5) is 20.3. The average Bonchev–Trinajstić information content (AvgIpc) is 2.77. The maximum Gasteiger partial charge on any atom is 0.253 e. The van der Waals surface area contributed by atoms with Gasteiger partial charge in [-0.3, -0.25) is 9.79 Å². The minimum Gasteiger partial charge on any atom is -0.375 e. The number of benzene rings is 2. The minimum atomic E-state index is 0. The van der Waals surface area contributed by atoms with Gasteiger partial charge < -0.3 is 20.4 Å². The molecule has 0 aliphatic heterocycles. The highest BCUT2D eigenvalue weighted by Crippen LogP contribution is 2.11. The van der Waals surface area contributed by atoms with Crippen LogP contribution in [0.4, 0.5) is 5.69 Å². The molecule has 0 unspecified atom stereocenters. The highest BCUT2D eigenvalue weighted by Gasteiger charge is 2.08. The van der Waals surface area contributed by atoms with E-state index in [1.807, 2.05) is 30.3 Å². The molecule has 31 heavy (non-hydrogen) atoms. The smallest absolute Gasteiger partial charge is 0.253 e. The van der Waals surface area contributed by atoms with E-state index in [0.29, 0.717) is 0 Å². The first-order chi connectivity index (χ1) is 14.5. The van der Waals surface area contributed by atoms with E-state index in [2.05, 4.69) is 51.8 Å². The third-order valence-corrected chi connectivity index (χ3v) is 4.92. The Bertz CT molecular complexity index is 811. The van der Waals surface area contributed by atoms with Gasteiger partial charge in [-0.1, -0.05) is 30.3 Å². The molecule has 0 saturated heterocycles. The predicted molar refractivity (Wildman–Crippen MR) is 142 cm³/mol. The largest absolute Gasteiger partial charge is 0.375 e. The van der Waals surface area contributed by atoms with Crippen molar-refractivity contribution in [2.24, 2.45) is 4.99 Å². The summed E-state index contributed by atoms with van der Waals surface area (Å²) in [6.07, 6.45) is 3.02. The molecule has 0 bridgehead atoms. The maximum atomic E-state index is 12.1. The van der Waals surface area contributed by atoms with Crippen molar-refractivity contribution in [3.8, 4) is 0 Å². The number of carbonyl (C=O) groups is 1. The predicted octanol–water partition coefficient (Wildman–Crippen LogP) is 3.63. The third-order valence-electron chi connectivity index (χ3n) is 4.92. The van der Waals surface area contributed by atoms with Crippen LogP contribution in [0.3, 0.4) is 0 Å². The SMILES string of the molecule is CN=C(NCCCCN(C)c1ccccc1)NCCc1cccc(C(=O)N(C)C)c1.I. The molecule has 7 heteroatoms. The van der Waals surface area contributed by atoms with E-state index >= 15 is 0 Å². The second-order valence-electron chi connectivity index (χ2n) is 7.54. The minimum absolute atomic E-state index is 0. The van der Waals surface area contributed by atoms with Crippen LogP contribution in [0.5, 0.6) is 0 Å². The molecule has 2 N–H and O–H groups in total. The van der Waals surface area contributed by atoms with E-state index in [0.717, 1.165) is 56.0 Å². The van der Waals surface area contributed by atoms with Crippen molar-refractivity contribution in [2.45, 2.75) is 19.3 Å². The van der Waals surface area contributed by atoms with Gasteiger partial charge in [0.25, 0.3) is 5.91 Å². The molecule has 170 valence electrons. The molecule has 0 heterocycles. The molecule has 0 spiro atoms. The number of hydrogen-bond donors (Lipinski definition) is 2. The van der Waals surface area contributed by atoms with Gasteiger partial charge in [0.15, 0.2) is 5.96 Å². The van der Waals surface area contributed by atoms with Crippen LogP contribution in [0.25, 0.3) is 0 Å². The first kappa shape index (κ1) is 26.7. The van der Waals surface area contributed by atoms with Crippen LogP contribution in [-0.4, -0.2) is 64.6 Å². The topological polar surface area (TPSA) is 60.0 Å². The Balaban J connectivity index is 0.00000480. The van der Waals surface area contributed by atoms with Crippen molar-refractivity contribution >= 4 is 41.5 Å². The van der Waals surface area contributed by atoms with Gasteiger partial charge in [0, 0.05) is 59.1 Å². The van der Waals surface area contributed by atoms with Gasteiger partial charge in [0.1, 0.15) is 0 Å². The zero-order valence-corrected chi connectivity index (χ0v) is 21.4. The molecule has 0 atom stereocenters. The quantitative estimate of drug-likeness (QED) is 0.211. The number of anilines is 1. The van der Waals surface area contributed by atoms with E-state index in [4.69, 9.17) is 0 Å². The van der Waals surface area contributed by atoms with Crippen molar-refractivity contribution < 1.29 is 4.79 Å². The number of rotatable bonds is 10. The number of unbranched alkanes of at least 4 members (excludes halogenated alkanes) is 1. The summed E-state index contributed by atoms with van der Waals surface area (Å²) in [7, 11) is 7.46. The van der Waals surface area contributed by atoms with E-state index in [1.54, 1.807) is 26.0 Å². The lowest BCUT2D eigenvalue weighted by molar-refractivity contribution is 0.0827. The van der Waals surface area contributed by atoms with Crippen LogP contribution >= 0.6 is 24.0 Å². The fourth-order valence-electron chi connectivity index (χ4n) is 3.16. The Morgan fingerprint density at radius 2 is 1.65 bits per heavy atom. The zero-order valence-electron chi connectivity index (χ0n) is 19.1. The monoisotopic (exact) mass is 537 g/mol. The molecule has 0 radical (unpaired) electrons. The molecule has 0 fully saturated rings. The van der Waals surface area contributed by atoms with E-state index < -0.39 is 0 Å². The first-order valence-corrected chi connectivity index (χ1v) is 10.5. The lowest BCUT2D eigenvalue weighted by atomic mass is 10.1. The highest BCUT2D eigenvalue weighted by molar-refractivity contribution is 14.0. The van der Waals surface area contributed by atoms with Crippen LogP contribution in [0.1, 0.15) is 28.8 Å². The lowest BCUT2D eigenvalue weighted by Gasteiger charge is -2.19. The Kier molecular flexibility index (Phi) is 12.7. The van der Waals surface area contributed by atoms with Crippen LogP contribution < -0.4 is 15.5 Å². The van der Waals surface area contributed by atoms with Gasteiger partial charge in [0.2, 0.25) is 0 Å². The molecule has 6 nitrogen and oxygen atoms in total. The van der Waals surface area contributed by atoms with Crippen molar-refractivity contribution in [3.63, 3.8) is 0 Å². The fraction of sp³-hybridized carbons (Fsp3) is 0.417. The Labute approximate surface area is 204 Å². The van der Waals surface area contributed by atoms with Crippen LogP contribution in [-0.2, 0) is 6.42 Å². The number of para-hydroxylation sites is 1. The first-order valence-electron chi connectivity index (χ1n) is 10.5. The zero-order chi connectivity index (χ0) is 21.8. The average molecular weight is 537 g/mol. The molecule has 2 aromatic carbocycles. The number of carbonyl (C=O) groups excluding carboxylic acids is 1. The Morgan fingerprint density at radius 1 is 0.935 bits per heavy atom. The number of nitrogens with one attached hydrogen (secondary N) is 2. The summed E-state index contributed by atoms with van der Waals surface area (Å²) >= 11 is 0. The van der Waals surface area contributed by atoms with Gasteiger partial charge in [-0.25, -0.2) is 0 Å². The summed E-state index contributed by atoms with van der Waals surface area (Å²) in [5.41, 5.74) is 3.11. The van der Waals surface area contributed by atoms with Crippen LogP contribution in [0, 0.1) is 0 Å². The highest BCUT2D eigenvalue weighted by atomic mass is 127. The van der Waals surface area contributed by atoms with Crippen molar-refractivity contribution in [2.75, 3.05) is 52.7 Å². The number of amides is 1. The van der Waals surface area contributed by atoms with Crippen molar-refractivity contribution in [3.05, 3.63) is 65.7 Å². The van der Waals surface area contributed by atoms with Crippen molar-refractivity contribution in [1.82, 2.24) is 15.5 Å². The number of aliphatic imine (C=N–C) groups is 1. The van der Waals surface area contributed by atoms with Gasteiger partial charge >= 0.3 is 0 Å². The number of halogens is 1. The fourth-order valence-corrected chi connectivity index (χ4v) is 3.16. The Morgan fingerprint density at radius 3 is 2.32 bits per heavy atom. The summed E-state index contributed by atoms with van der Waals surface area (Å²) in [6.45, 7) is 2.67. The number of nitrogens with zero attached hydrogens (tertiary/aromatic N) is 3. The van der Waals surface area contributed by atoms with Gasteiger partial charge in [-0.05, 0) is 49.1 Å². The molecular formula is C24H36IN5O. The van der Waals surface area contributed by atoms with Crippen LogP contribution in [0.2, 0.25) is 0 Å². The summed E-state index contributed by atoms with van der Waals surface area (Å²) in [6, 6.07) is 18.3. The van der Waals surface area contributed by atoms with Gasteiger partial charge in [0.05, 0.1) is 0 Å². The summed E-state index contributed by atoms with van der Waals surface area (Å²) in [5.74, 6) is 0.840. The second kappa shape index (κ2) is 14.7. The normalized spacial score (nSPS) is 10.8.